The van der Waals surface area contributed by atoms with Crippen LogP contribution in [-0.2, 0) is 11.2 Å². The van der Waals surface area contributed by atoms with Crippen LogP contribution < -0.4 is 0 Å². The first-order valence-corrected chi connectivity index (χ1v) is 9.60. The van der Waals surface area contributed by atoms with Crippen molar-refractivity contribution in [3.63, 3.8) is 0 Å². The molecule has 1 aliphatic rings. The molecule has 3 amide bonds. The number of hydrogen-bond acceptors (Lipinski definition) is 5. The van der Waals surface area contributed by atoms with E-state index in [0.29, 0.717) is 43.9 Å². The van der Waals surface area contributed by atoms with Crippen LogP contribution in [-0.4, -0.2) is 82.2 Å². The van der Waals surface area contributed by atoms with Crippen molar-refractivity contribution in [1.82, 2.24) is 24.7 Å². The molecule has 0 saturated carbocycles. The van der Waals surface area contributed by atoms with Crippen LogP contribution in [0.2, 0.25) is 0 Å². The lowest BCUT2D eigenvalue weighted by molar-refractivity contribution is -0.130. The Bertz CT molecular complexity index is 879. The quantitative estimate of drug-likeness (QED) is 0.757. The summed E-state index contributed by atoms with van der Waals surface area (Å²) in [6.45, 7) is 4.07. The third-order valence-corrected chi connectivity index (χ3v) is 5.08. The summed E-state index contributed by atoms with van der Waals surface area (Å²) in [5.41, 5.74) is 1.87. The van der Waals surface area contributed by atoms with Gasteiger partial charge >= 0.3 is 0 Å². The molecule has 29 heavy (non-hydrogen) atoms. The predicted molar refractivity (Wildman–Crippen MR) is 107 cm³/mol. The molecule has 0 radical (unpaired) electrons. The van der Waals surface area contributed by atoms with E-state index in [1.165, 1.54) is 19.3 Å². The minimum atomic E-state index is -0.178. The number of nitrogens with zero attached hydrogens (tertiary/aromatic N) is 5. The summed E-state index contributed by atoms with van der Waals surface area (Å²) in [7, 11) is 1.74. The van der Waals surface area contributed by atoms with E-state index >= 15 is 0 Å². The Kier molecular flexibility index (Phi) is 6.54. The second-order valence-electron chi connectivity index (χ2n) is 7.09. The van der Waals surface area contributed by atoms with Gasteiger partial charge in [0.25, 0.3) is 11.8 Å². The van der Waals surface area contributed by atoms with Crippen molar-refractivity contribution < 1.29 is 14.4 Å². The van der Waals surface area contributed by atoms with Gasteiger partial charge in [-0.25, -0.2) is 0 Å². The molecule has 0 N–H and O–H groups in total. The Morgan fingerprint density at radius 2 is 1.59 bits per heavy atom. The molecule has 152 valence electrons. The number of carbonyl (C=O) groups is 3. The van der Waals surface area contributed by atoms with Gasteiger partial charge in [-0.15, -0.1) is 0 Å². The zero-order valence-corrected chi connectivity index (χ0v) is 16.7. The monoisotopic (exact) mass is 395 g/mol. The van der Waals surface area contributed by atoms with E-state index in [1.54, 1.807) is 40.2 Å². The fraction of sp³-hybridized carbons (Fsp3) is 0.381. The van der Waals surface area contributed by atoms with Crippen molar-refractivity contribution in [1.29, 1.82) is 0 Å². The summed E-state index contributed by atoms with van der Waals surface area (Å²) in [6, 6.07) is 5.44. The van der Waals surface area contributed by atoms with Crippen LogP contribution >= 0.6 is 0 Å². The van der Waals surface area contributed by atoms with Gasteiger partial charge in [-0.05, 0) is 30.2 Å². The SMILES string of the molecule is CC(=O)N1CCN(C(=O)c2cncc(C(=O)N(C)CCc3ccncc3)c2)CC1. The zero-order chi connectivity index (χ0) is 20.8. The van der Waals surface area contributed by atoms with Crippen molar-refractivity contribution in [2.24, 2.45) is 0 Å². The van der Waals surface area contributed by atoms with E-state index < -0.39 is 0 Å². The Labute approximate surface area is 170 Å². The smallest absolute Gasteiger partial charge is 0.255 e. The van der Waals surface area contributed by atoms with Crippen LogP contribution in [0.1, 0.15) is 33.2 Å². The molecule has 8 nitrogen and oxygen atoms in total. The maximum atomic E-state index is 12.8. The van der Waals surface area contributed by atoms with Gasteiger partial charge in [0.1, 0.15) is 0 Å². The molecule has 3 rings (SSSR count). The Morgan fingerprint density at radius 1 is 0.966 bits per heavy atom. The molecule has 0 atom stereocenters. The summed E-state index contributed by atoms with van der Waals surface area (Å²) in [5, 5.41) is 0. The number of piperazine rings is 1. The Hall–Kier alpha value is -3.29. The van der Waals surface area contributed by atoms with Crippen molar-refractivity contribution >= 4 is 17.7 Å². The highest BCUT2D eigenvalue weighted by molar-refractivity contribution is 5.99. The molecule has 0 aromatic carbocycles. The number of hydrogen-bond donors (Lipinski definition) is 0. The lowest BCUT2D eigenvalue weighted by atomic mass is 10.1. The molecule has 0 aliphatic carbocycles. The number of pyridine rings is 2. The fourth-order valence-corrected chi connectivity index (χ4v) is 3.25. The van der Waals surface area contributed by atoms with Crippen LogP contribution in [0.15, 0.2) is 43.0 Å². The van der Waals surface area contributed by atoms with Gasteiger partial charge in [-0.3, -0.25) is 24.4 Å². The molecule has 8 heteroatoms. The molecular formula is C21H25N5O3. The number of aromatic nitrogens is 2. The minimum absolute atomic E-state index is 0.0150. The fourth-order valence-electron chi connectivity index (χ4n) is 3.25. The van der Waals surface area contributed by atoms with Gasteiger partial charge in [0.2, 0.25) is 5.91 Å². The highest BCUT2D eigenvalue weighted by atomic mass is 16.2. The molecule has 1 fully saturated rings. The van der Waals surface area contributed by atoms with Crippen molar-refractivity contribution in [3.8, 4) is 0 Å². The maximum absolute atomic E-state index is 12.8. The van der Waals surface area contributed by atoms with Crippen LogP contribution in [0.4, 0.5) is 0 Å². The standard InChI is InChI=1S/C21H25N5O3/c1-16(27)25-9-11-26(12-10-25)21(29)19-13-18(14-23-15-19)20(28)24(2)8-5-17-3-6-22-7-4-17/h3-4,6-7,13-15H,5,8-12H2,1-2H3. The van der Waals surface area contributed by atoms with Gasteiger partial charge < -0.3 is 14.7 Å². The van der Waals surface area contributed by atoms with Gasteiger partial charge in [-0.2, -0.15) is 0 Å². The van der Waals surface area contributed by atoms with E-state index in [9.17, 15) is 14.4 Å². The molecule has 0 unspecified atom stereocenters. The van der Waals surface area contributed by atoms with E-state index in [4.69, 9.17) is 0 Å². The normalized spacial score (nSPS) is 13.9. The first kappa shape index (κ1) is 20.4. The third kappa shape index (κ3) is 5.16. The summed E-state index contributed by atoms with van der Waals surface area (Å²) in [4.78, 5) is 50.1. The van der Waals surface area contributed by atoms with Crippen LogP contribution in [0.25, 0.3) is 0 Å². The Morgan fingerprint density at radius 3 is 2.24 bits per heavy atom. The topological polar surface area (TPSA) is 86.7 Å². The highest BCUT2D eigenvalue weighted by Gasteiger charge is 2.24. The second kappa shape index (κ2) is 9.27. The van der Waals surface area contributed by atoms with Gasteiger partial charge in [-0.1, -0.05) is 0 Å². The molecular weight excluding hydrogens is 370 g/mol. The molecule has 2 aromatic heterocycles. The van der Waals surface area contributed by atoms with E-state index in [0.717, 1.165) is 12.0 Å². The largest absolute Gasteiger partial charge is 0.341 e. The number of amides is 3. The minimum Gasteiger partial charge on any atom is -0.341 e. The molecule has 1 aliphatic heterocycles. The summed E-state index contributed by atoms with van der Waals surface area (Å²) in [6.07, 6.45) is 7.14. The Balaban J connectivity index is 1.61. The predicted octanol–water partition coefficient (Wildman–Crippen LogP) is 1.10. The van der Waals surface area contributed by atoms with Gasteiger partial charge in [0.05, 0.1) is 11.1 Å². The first-order valence-electron chi connectivity index (χ1n) is 9.60. The van der Waals surface area contributed by atoms with Crippen LogP contribution in [0.3, 0.4) is 0 Å². The van der Waals surface area contributed by atoms with Gasteiger partial charge in [0, 0.05) is 71.5 Å². The molecule has 0 spiro atoms. The second-order valence-corrected chi connectivity index (χ2v) is 7.09. The highest BCUT2D eigenvalue weighted by Crippen LogP contribution is 2.12. The molecule has 2 aromatic rings. The number of rotatable bonds is 5. The van der Waals surface area contributed by atoms with E-state index in [1.807, 2.05) is 12.1 Å². The zero-order valence-electron chi connectivity index (χ0n) is 16.7. The molecule has 1 saturated heterocycles. The van der Waals surface area contributed by atoms with Gasteiger partial charge in [0.15, 0.2) is 0 Å². The van der Waals surface area contributed by atoms with Crippen molar-refractivity contribution in [2.75, 3.05) is 39.8 Å². The van der Waals surface area contributed by atoms with Crippen molar-refractivity contribution in [3.05, 3.63) is 59.7 Å². The van der Waals surface area contributed by atoms with Crippen molar-refractivity contribution in [2.45, 2.75) is 13.3 Å². The molecule has 0 bridgehead atoms. The van der Waals surface area contributed by atoms with E-state index in [2.05, 4.69) is 9.97 Å². The average Bonchev–Trinajstić information content (AvgIpc) is 2.77. The lowest BCUT2D eigenvalue weighted by Crippen LogP contribution is -2.50. The summed E-state index contributed by atoms with van der Waals surface area (Å²) < 4.78 is 0. The first-order chi connectivity index (χ1) is 14.0. The van der Waals surface area contributed by atoms with Crippen LogP contribution in [0, 0.1) is 0 Å². The number of carbonyl (C=O) groups excluding carboxylic acids is 3. The van der Waals surface area contributed by atoms with Crippen LogP contribution in [0.5, 0.6) is 0 Å². The van der Waals surface area contributed by atoms with E-state index in [-0.39, 0.29) is 17.7 Å². The third-order valence-electron chi connectivity index (χ3n) is 5.08. The molecule has 3 heterocycles. The lowest BCUT2D eigenvalue weighted by Gasteiger charge is -2.34. The summed E-state index contributed by atoms with van der Waals surface area (Å²) >= 11 is 0. The maximum Gasteiger partial charge on any atom is 0.255 e. The average molecular weight is 395 g/mol. The number of likely N-dealkylation sites (N-methyl/N-ethyl adjacent to an activating group) is 1. The summed E-state index contributed by atoms with van der Waals surface area (Å²) in [5.74, 6) is -0.335.